The maximum absolute atomic E-state index is 12.4. The number of rotatable bonds is 3. The van der Waals surface area contributed by atoms with E-state index in [0.717, 1.165) is 25.7 Å². The molecule has 4 unspecified atom stereocenters. The summed E-state index contributed by atoms with van der Waals surface area (Å²) in [6.45, 7) is 1.82. The third kappa shape index (κ3) is 2.37. The van der Waals surface area contributed by atoms with E-state index in [4.69, 9.17) is 0 Å². The average Bonchev–Trinajstić information content (AvgIpc) is 2.76. The van der Waals surface area contributed by atoms with Crippen molar-refractivity contribution in [1.82, 2.24) is 4.90 Å². The highest BCUT2D eigenvalue weighted by Gasteiger charge is 2.47. The number of nitrogens with zero attached hydrogens (tertiary/aromatic N) is 1. The van der Waals surface area contributed by atoms with Crippen LogP contribution in [0.1, 0.15) is 39.0 Å². The third-order valence-corrected chi connectivity index (χ3v) is 4.87. The second-order valence-electron chi connectivity index (χ2n) is 5.53. The first kappa shape index (κ1) is 13.7. The molecule has 0 radical (unpaired) electrons. The molecule has 5 heteroatoms. The zero-order valence-corrected chi connectivity index (χ0v) is 11.6. The van der Waals surface area contributed by atoms with E-state index in [-0.39, 0.29) is 17.9 Å². The summed E-state index contributed by atoms with van der Waals surface area (Å²) in [5, 5.41) is 9.32. The quantitative estimate of drug-likeness (QED) is 0.770. The fourth-order valence-corrected chi connectivity index (χ4v) is 3.49. The monoisotopic (exact) mass is 271 g/mol. The van der Waals surface area contributed by atoms with Crippen LogP contribution in [-0.4, -0.2) is 39.7 Å². The first-order valence-electron chi connectivity index (χ1n) is 6.72. The fourth-order valence-electron chi connectivity index (χ4n) is 3.33. The van der Waals surface area contributed by atoms with Gasteiger partial charge in [-0.1, -0.05) is 19.8 Å². The van der Waals surface area contributed by atoms with E-state index in [1.165, 1.54) is 0 Å². The van der Waals surface area contributed by atoms with Gasteiger partial charge in [-0.25, -0.2) is 4.79 Å². The average molecular weight is 271 g/mol. The summed E-state index contributed by atoms with van der Waals surface area (Å²) in [5.41, 5.74) is 0. The molecule has 2 rings (SSSR count). The first-order chi connectivity index (χ1) is 8.56. The molecule has 1 heterocycles. The van der Waals surface area contributed by atoms with E-state index in [0.29, 0.717) is 18.1 Å². The molecule has 4 nitrogen and oxygen atoms in total. The Morgan fingerprint density at radius 2 is 2.06 bits per heavy atom. The molecular formula is C13H21NO3S. The van der Waals surface area contributed by atoms with E-state index in [9.17, 15) is 14.7 Å². The Bertz CT molecular complexity index is 347. The maximum Gasteiger partial charge on any atom is 0.326 e. The van der Waals surface area contributed by atoms with Crippen LogP contribution in [-0.2, 0) is 9.59 Å². The zero-order valence-electron chi connectivity index (χ0n) is 10.7. The number of hydrogen-bond donors (Lipinski definition) is 2. The van der Waals surface area contributed by atoms with Crippen molar-refractivity contribution in [3.8, 4) is 0 Å². The van der Waals surface area contributed by atoms with Gasteiger partial charge in [0.1, 0.15) is 6.04 Å². The van der Waals surface area contributed by atoms with E-state index in [2.05, 4.69) is 12.6 Å². The lowest BCUT2D eigenvalue weighted by atomic mass is 9.84. The molecule has 1 saturated heterocycles. The van der Waals surface area contributed by atoms with Gasteiger partial charge in [0.25, 0.3) is 0 Å². The lowest BCUT2D eigenvalue weighted by Gasteiger charge is -2.34. The molecule has 4 atom stereocenters. The Kier molecular flexibility index (Phi) is 4.20. The molecule has 1 amide bonds. The minimum absolute atomic E-state index is 0.0354. The number of fused-ring (bicyclic) bond motifs is 1. The second kappa shape index (κ2) is 5.51. The SMILES string of the molecule is CC(CS)C(=O)N1C(C(=O)O)CC2CCCCC21. The van der Waals surface area contributed by atoms with Gasteiger partial charge < -0.3 is 10.0 Å². The number of carbonyl (C=O) groups excluding carboxylic acids is 1. The number of thiol groups is 1. The summed E-state index contributed by atoms with van der Waals surface area (Å²) in [7, 11) is 0. The summed E-state index contributed by atoms with van der Waals surface area (Å²) < 4.78 is 0. The first-order valence-corrected chi connectivity index (χ1v) is 7.35. The van der Waals surface area contributed by atoms with Gasteiger partial charge in [0.2, 0.25) is 5.91 Å². The van der Waals surface area contributed by atoms with Gasteiger partial charge in [-0.15, -0.1) is 0 Å². The third-order valence-electron chi connectivity index (χ3n) is 4.32. The molecule has 0 spiro atoms. The van der Waals surface area contributed by atoms with Crippen LogP contribution < -0.4 is 0 Å². The van der Waals surface area contributed by atoms with Crippen molar-refractivity contribution in [1.29, 1.82) is 0 Å². The normalized spacial score (nSPS) is 33.0. The van der Waals surface area contributed by atoms with Crippen molar-refractivity contribution in [2.75, 3.05) is 5.75 Å². The van der Waals surface area contributed by atoms with Gasteiger partial charge in [-0.05, 0) is 25.2 Å². The standard InChI is InChI=1S/C13H21NO3S/c1-8(7-18)12(15)14-10-5-3-2-4-9(10)6-11(14)13(16)17/h8-11,18H,2-7H2,1H3,(H,16,17). The van der Waals surface area contributed by atoms with Crippen molar-refractivity contribution in [2.24, 2.45) is 11.8 Å². The van der Waals surface area contributed by atoms with E-state index in [1.54, 1.807) is 4.90 Å². The Hall–Kier alpha value is -0.710. The maximum atomic E-state index is 12.4. The summed E-state index contributed by atoms with van der Waals surface area (Å²) in [6.07, 6.45) is 4.92. The summed E-state index contributed by atoms with van der Waals surface area (Å²) in [5.74, 6) is -0.235. The van der Waals surface area contributed by atoms with Crippen molar-refractivity contribution >= 4 is 24.5 Å². The van der Waals surface area contributed by atoms with Crippen LogP contribution in [0.5, 0.6) is 0 Å². The van der Waals surface area contributed by atoms with Crippen LogP contribution in [0.4, 0.5) is 0 Å². The Balaban J connectivity index is 2.21. The predicted molar refractivity (Wildman–Crippen MR) is 71.6 cm³/mol. The molecule has 0 aromatic carbocycles. The van der Waals surface area contributed by atoms with Crippen LogP contribution in [0, 0.1) is 11.8 Å². The zero-order chi connectivity index (χ0) is 13.3. The molecule has 1 aliphatic heterocycles. The molecule has 0 bridgehead atoms. The molecule has 2 aliphatic rings. The summed E-state index contributed by atoms with van der Waals surface area (Å²) >= 11 is 4.15. The van der Waals surface area contributed by atoms with E-state index >= 15 is 0 Å². The molecule has 102 valence electrons. The van der Waals surface area contributed by atoms with E-state index in [1.807, 2.05) is 6.92 Å². The van der Waals surface area contributed by atoms with Crippen LogP contribution in [0.3, 0.4) is 0 Å². The Labute approximate surface area is 113 Å². The highest BCUT2D eigenvalue weighted by molar-refractivity contribution is 7.80. The topological polar surface area (TPSA) is 57.6 Å². The molecular weight excluding hydrogens is 250 g/mol. The van der Waals surface area contributed by atoms with Crippen LogP contribution >= 0.6 is 12.6 Å². The number of aliphatic carboxylic acids is 1. The Morgan fingerprint density at radius 3 is 2.67 bits per heavy atom. The second-order valence-corrected chi connectivity index (χ2v) is 5.90. The van der Waals surface area contributed by atoms with Gasteiger partial charge >= 0.3 is 5.97 Å². The fraction of sp³-hybridized carbons (Fsp3) is 0.846. The van der Waals surface area contributed by atoms with Gasteiger partial charge in [0, 0.05) is 17.7 Å². The van der Waals surface area contributed by atoms with Gasteiger partial charge in [0.15, 0.2) is 0 Å². The smallest absolute Gasteiger partial charge is 0.326 e. The highest BCUT2D eigenvalue weighted by atomic mass is 32.1. The number of carboxylic acids is 1. The van der Waals surface area contributed by atoms with Crippen LogP contribution in [0.25, 0.3) is 0 Å². The van der Waals surface area contributed by atoms with Crippen molar-refractivity contribution < 1.29 is 14.7 Å². The van der Waals surface area contributed by atoms with Crippen molar-refractivity contribution in [3.05, 3.63) is 0 Å². The molecule has 0 aromatic heterocycles. The van der Waals surface area contributed by atoms with Gasteiger partial charge in [0.05, 0.1) is 0 Å². The van der Waals surface area contributed by atoms with Crippen LogP contribution in [0.15, 0.2) is 0 Å². The number of amides is 1. The number of carboxylic acid groups (broad SMARTS) is 1. The number of likely N-dealkylation sites (tertiary alicyclic amines) is 1. The largest absolute Gasteiger partial charge is 0.480 e. The molecule has 1 saturated carbocycles. The molecule has 2 fully saturated rings. The lowest BCUT2D eigenvalue weighted by molar-refractivity contribution is -0.151. The van der Waals surface area contributed by atoms with Gasteiger partial charge in [-0.2, -0.15) is 12.6 Å². The molecule has 18 heavy (non-hydrogen) atoms. The molecule has 0 aromatic rings. The van der Waals surface area contributed by atoms with Crippen LogP contribution in [0.2, 0.25) is 0 Å². The summed E-state index contributed by atoms with van der Waals surface area (Å²) in [6, 6.07) is -0.470. The predicted octanol–water partition coefficient (Wildman–Crippen LogP) is 1.80. The Morgan fingerprint density at radius 1 is 1.39 bits per heavy atom. The molecule has 1 N–H and O–H groups in total. The van der Waals surface area contributed by atoms with Crippen molar-refractivity contribution in [2.45, 2.75) is 51.1 Å². The van der Waals surface area contributed by atoms with Gasteiger partial charge in [-0.3, -0.25) is 4.79 Å². The summed E-state index contributed by atoms with van der Waals surface area (Å²) in [4.78, 5) is 25.4. The van der Waals surface area contributed by atoms with Crippen molar-refractivity contribution in [3.63, 3.8) is 0 Å². The minimum Gasteiger partial charge on any atom is -0.480 e. The number of hydrogen-bond acceptors (Lipinski definition) is 3. The minimum atomic E-state index is -0.857. The lowest BCUT2D eigenvalue weighted by Crippen LogP contribution is -2.48. The van der Waals surface area contributed by atoms with E-state index < -0.39 is 12.0 Å². The number of carbonyl (C=O) groups is 2. The molecule has 1 aliphatic carbocycles. The highest BCUT2D eigenvalue weighted by Crippen LogP contribution is 2.40.